The molecule has 0 aliphatic carbocycles. The van der Waals surface area contributed by atoms with Crippen molar-refractivity contribution in [3.05, 3.63) is 53.2 Å². The molecular formula is C16H23N3O. The Morgan fingerprint density at radius 2 is 2.15 bits per heavy atom. The van der Waals surface area contributed by atoms with Crippen LogP contribution < -0.4 is 5.32 Å². The maximum Gasteiger partial charge on any atom is 0.118 e. The van der Waals surface area contributed by atoms with E-state index in [9.17, 15) is 0 Å². The summed E-state index contributed by atoms with van der Waals surface area (Å²) in [7, 11) is 2.08. The van der Waals surface area contributed by atoms with Gasteiger partial charge in [0.1, 0.15) is 11.5 Å². The van der Waals surface area contributed by atoms with Crippen LogP contribution in [0.25, 0.3) is 0 Å². The second-order valence-corrected chi connectivity index (χ2v) is 5.07. The van der Waals surface area contributed by atoms with Crippen molar-refractivity contribution in [2.75, 3.05) is 13.6 Å². The van der Waals surface area contributed by atoms with Gasteiger partial charge in [0.25, 0.3) is 0 Å². The smallest absolute Gasteiger partial charge is 0.118 e. The van der Waals surface area contributed by atoms with Crippen molar-refractivity contribution in [2.24, 2.45) is 0 Å². The van der Waals surface area contributed by atoms with Crippen LogP contribution in [-0.4, -0.2) is 23.5 Å². The van der Waals surface area contributed by atoms with Gasteiger partial charge in [-0.15, -0.1) is 0 Å². The number of hydrogen-bond acceptors (Lipinski definition) is 4. The molecule has 0 bridgehead atoms. The number of nitrogens with one attached hydrogen (secondary N) is 1. The number of aryl methyl sites for hydroxylation is 1. The fourth-order valence-corrected chi connectivity index (χ4v) is 2.19. The molecule has 2 aromatic rings. The first-order valence-electron chi connectivity index (χ1n) is 7.06. The Kier molecular flexibility index (Phi) is 5.32. The van der Waals surface area contributed by atoms with Crippen molar-refractivity contribution in [2.45, 2.75) is 33.5 Å². The molecule has 0 saturated carbocycles. The molecule has 0 aliphatic rings. The first-order valence-corrected chi connectivity index (χ1v) is 7.06. The molecule has 2 rings (SSSR count). The number of pyridine rings is 1. The summed E-state index contributed by atoms with van der Waals surface area (Å²) < 4.78 is 5.82. The van der Waals surface area contributed by atoms with Gasteiger partial charge in [-0.1, -0.05) is 13.0 Å². The molecule has 0 saturated heterocycles. The van der Waals surface area contributed by atoms with Crippen LogP contribution in [0.2, 0.25) is 0 Å². The highest BCUT2D eigenvalue weighted by Gasteiger charge is 2.09. The lowest BCUT2D eigenvalue weighted by atomic mass is 10.2. The molecule has 0 unspecified atom stereocenters. The number of nitrogens with zero attached hydrogens (tertiary/aromatic N) is 2. The van der Waals surface area contributed by atoms with Crippen LogP contribution in [0.5, 0.6) is 0 Å². The first-order chi connectivity index (χ1) is 9.69. The zero-order chi connectivity index (χ0) is 14.4. The largest absolute Gasteiger partial charge is 0.465 e. The van der Waals surface area contributed by atoms with Gasteiger partial charge < -0.3 is 9.73 Å². The minimum Gasteiger partial charge on any atom is -0.465 e. The fraction of sp³-hybridized carbons (Fsp3) is 0.438. The first kappa shape index (κ1) is 14.8. The SMILES string of the molecule is CCNCc1cc(CN(C)Cc2ccccn2)oc1C. The van der Waals surface area contributed by atoms with Crippen LogP contribution in [0, 0.1) is 6.92 Å². The summed E-state index contributed by atoms with van der Waals surface area (Å²) in [6, 6.07) is 8.14. The van der Waals surface area contributed by atoms with E-state index in [0.717, 1.165) is 43.4 Å². The Balaban J connectivity index is 1.92. The van der Waals surface area contributed by atoms with Gasteiger partial charge in [-0.25, -0.2) is 0 Å². The third-order valence-corrected chi connectivity index (χ3v) is 3.22. The van der Waals surface area contributed by atoms with E-state index in [1.165, 1.54) is 5.56 Å². The molecule has 2 heterocycles. The van der Waals surface area contributed by atoms with Gasteiger partial charge in [0.15, 0.2) is 0 Å². The fourth-order valence-electron chi connectivity index (χ4n) is 2.19. The van der Waals surface area contributed by atoms with E-state index in [2.05, 4.69) is 35.2 Å². The van der Waals surface area contributed by atoms with Gasteiger partial charge in [-0.2, -0.15) is 0 Å². The van der Waals surface area contributed by atoms with Crippen LogP contribution in [0.1, 0.15) is 29.7 Å². The molecule has 108 valence electrons. The van der Waals surface area contributed by atoms with Crippen molar-refractivity contribution >= 4 is 0 Å². The molecule has 0 spiro atoms. The lowest BCUT2D eigenvalue weighted by molar-refractivity contribution is 0.282. The Hall–Kier alpha value is -1.65. The topological polar surface area (TPSA) is 41.3 Å². The summed E-state index contributed by atoms with van der Waals surface area (Å²) in [5.41, 5.74) is 2.32. The summed E-state index contributed by atoms with van der Waals surface area (Å²) in [6.07, 6.45) is 1.83. The molecule has 4 heteroatoms. The summed E-state index contributed by atoms with van der Waals surface area (Å²) in [4.78, 5) is 6.55. The summed E-state index contributed by atoms with van der Waals surface area (Å²) in [6.45, 7) is 7.59. The van der Waals surface area contributed by atoms with E-state index >= 15 is 0 Å². The van der Waals surface area contributed by atoms with Crippen molar-refractivity contribution in [1.82, 2.24) is 15.2 Å². The zero-order valence-corrected chi connectivity index (χ0v) is 12.5. The second-order valence-electron chi connectivity index (χ2n) is 5.07. The van der Waals surface area contributed by atoms with E-state index in [-0.39, 0.29) is 0 Å². The Morgan fingerprint density at radius 1 is 1.30 bits per heavy atom. The zero-order valence-electron chi connectivity index (χ0n) is 12.5. The quantitative estimate of drug-likeness (QED) is 0.842. The van der Waals surface area contributed by atoms with Crippen LogP contribution in [0.4, 0.5) is 0 Å². The van der Waals surface area contributed by atoms with Gasteiger partial charge in [0, 0.05) is 24.8 Å². The molecule has 0 aromatic carbocycles. The molecule has 0 radical (unpaired) electrons. The van der Waals surface area contributed by atoms with Gasteiger partial charge in [-0.3, -0.25) is 9.88 Å². The molecular weight excluding hydrogens is 250 g/mol. The van der Waals surface area contributed by atoms with Gasteiger partial charge in [0.05, 0.1) is 12.2 Å². The highest BCUT2D eigenvalue weighted by Crippen LogP contribution is 2.16. The van der Waals surface area contributed by atoms with Crippen molar-refractivity contribution < 1.29 is 4.42 Å². The molecule has 0 amide bonds. The Morgan fingerprint density at radius 3 is 2.85 bits per heavy atom. The number of rotatable bonds is 7. The van der Waals surface area contributed by atoms with E-state index in [0.29, 0.717) is 0 Å². The highest BCUT2D eigenvalue weighted by molar-refractivity contribution is 5.20. The predicted molar refractivity (Wildman–Crippen MR) is 80.2 cm³/mol. The minimum absolute atomic E-state index is 0.795. The van der Waals surface area contributed by atoms with E-state index in [4.69, 9.17) is 4.42 Å². The van der Waals surface area contributed by atoms with Crippen molar-refractivity contribution in [1.29, 1.82) is 0 Å². The maximum atomic E-state index is 5.82. The molecule has 2 aromatic heterocycles. The van der Waals surface area contributed by atoms with Crippen LogP contribution in [-0.2, 0) is 19.6 Å². The van der Waals surface area contributed by atoms with Crippen LogP contribution >= 0.6 is 0 Å². The summed E-state index contributed by atoms with van der Waals surface area (Å²) >= 11 is 0. The second kappa shape index (κ2) is 7.22. The van der Waals surface area contributed by atoms with Crippen molar-refractivity contribution in [3.63, 3.8) is 0 Å². The molecule has 20 heavy (non-hydrogen) atoms. The highest BCUT2D eigenvalue weighted by atomic mass is 16.3. The summed E-state index contributed by atoms with van der Waals surface area (Å²) in [5, 5.41) is 3.33. The monoisotopic (exact) mass is 273 g/mol. The lowest BCUT2D eigenvalue weighted by Crippen LogP contribution is -2.17. The van der Waals surface area contributed by atoms with E-state index in [1.54, 1.807) is 0 Å². The number of furan rings is 1. The third-order valence-electron chi connectivity index (χ3n) is 3.22. The van der Waals surface area contributed by atoms with Gasteiger partial charge in [0.2, 0.25) is 0 Å². The number of aromatic nitrogens is 1. The van der Waals surface area contributed by atoms with E-state index < -0.39 is 0 Å². The third kappa shape index (κ3) is 4.18. The van der Waals surface area contributed by atoms with E-state index in [1.807, 2.05) is 31.3 Å². The molecule has 0 fully saturated rings. The molecule has 1 N–H and O–H groups in total. The van der Waals surface area contributed by atoms with Crippen LogP contribution in [0.15, 0.2) is 34.9 Å². The number of hydrogen-bond donors (Lipinski definition) is 1. The molecule has 4 nitrogen and oxygen atoms in total. The van der Waals surface area contributed by atoms with Crippen molar-refractivity contribution in [3.8, 4) is 0 Å². The van der Waals surface area contributed by atoms with Gasteiger partial charge >= 0.3 is 0 Å². The van der Waals surface area contributed by atoms with Gasteiger partial charge in [-0.05, 0) is 38.7 Å². The lowest BCUT2D eigenvalue weighted by Gasteiger charge is -2.14. The molecule has 0 atom stereocenters. The predicted octanol–water partition coefficient (Wildman–Crippen LogP) is 2.72. The standard InChI is InChI=1S/C16H23N3O/c1-4-17-10-14-9-16(20-13(14)2)12-19(3)11-15-7-5-6-8-18-15/h5-9,17H,4,10-12H2,1-3H3. The normalized spacial score (nSPS) is 11.2. The maximum absolute atomic E-state index is 5.82. The average Bonchev–Trinajstić information content (AvgIpc) is 2.77. The Labute approximate surface area is 120 Å². The minimum atomic E-state index is 0.795. The molecule has 0 aliphatic heterocycles. The average molecular weight is 273 g/mol. The van der Waals surface area contributed by atoms with Crippen LogP contribution in [0.3, 0.4) is 0 Å². The Bertz CT molecular complexity index is 522. The summed E-state index contributed by atoms with van der Waals surface area (Å²) in [5.74, 6) is 2.01.